The highest BCUT2D eigenvalue weighted by atomic mass is 35.5. The molecule has 0 aliphatic carbocycles. The summed E-state index contributed by atoms with van der Waals surface area (Å²) >= 11 is 10.8. The van der Waals surface area contributed by atoms with E-state index in [1.807, 2.05) is 0 Å². The van der Waals surface area contributed by atoms with Crippen molar-refractivity contribution in [1.82, 2.24) is 15.2 Å². The largest absolute Gasteiger partial charge is 0.477 e. The van der Waals surface area contributed by atoms with Crippen molar-refractivity contribution in [3.8, 4) is 0 Å². The zero-order valence-corrected chi connectivity index (χ0v) is 8.12. The third-order valence-corrected chi connectivity index (χ3v) is 1.85. The van der Waals surface area contributed by atoms with Crippen LogP contribution >= 0.6 is 23.2 Å². The third-order valence-electron chi connectivity index (χ3n) is 1.10. The van der Waals surface area contributed by atoms with Crippen LogP contribution in [0.3, 0.4) is 0 Å². The summed E-state index contributed by atoms with van der Waals surface area (Å²) in [4.78, 5) is 17.7. The van der Waals surface area contributed by atoms with Gasteiger partial charge >= 0.3 is 5.97 Å². The molecule has 1 rings (SSSR count). The number of allylic oxidation sites excluding steroid dienone is 1. The quantitative estimate of drug-likeness (QED) is 0.609. The van der Waals surface area contributed by atoms with Gasteiger partial charge in [0, 0.05) is 0 Å². The molecule has 0 spiro atoms. The Morgan fingerprint density at radius 2 is 2.36 bits per heavy atom. The van der Waals surface area contributed by atoms with Crippen LogP contribution in [0.4, 0.5) is 5.95 Å². The molecule has 0 atom stereocenters. The maximum Gasteiger partial charge on any atom is 0.348 e. The molecule has 0 aliphatic rings. The monoisotopic (exact) mass is 234 g/mol. The molecule has 0 unspecified atom stereocenters. The van der Waals surface area contributed by atoms with Gasteiger partial charge in [0.1, 0.15) is 11.4 Å². The van der Waals surface area contributed by atoms with Crippen molar-refractivity contribution in [3.63, 3.8) is 0 Å². The first kappa shape index (κ1) is 10.7. The smallest absolute Gasteiger partial charge is 0.348 e. The van der Waals surface area contributed by atoms with E-state index in [1.54, 1.807) is 0 Å². The number of hydrogen-bond donors (Lipinski definition) is 2. The number of carboxylic acid groups (broad SMARTS) is 1. The van der Waals surface area contributed by atoms with Gasteiger partial charge in [0.2, 0.25) is 5.95 Å². The number of aromatic nitrogens is 3. The summed E-state index contributed by atoms with van der Waals surface area (Å²) in [6, 6.07) is 0. The Morgan fingerprint density at radius 1 is 1.64 bits per heavy atom. The van der Waals surface area contributed by atoms with Gasteiger partial charge < -0.3 is 5.11 Å². The van der Waals surface area contributed by atoms with Gasteiger partial charge in [-0.1, -0.05) is 23.2 Å². The predicted octanol–water partition coefficient (Wildman–Crippen LogP) is 1.28. The van der Waals surface area contributed by atoms with Crippen molar-refractivity contribution >= 4 is 41.3 Å². The molecule has 1 aromatic rings. The average Bonchev–Trinajstić information content (AvgIpc) is 2.65. The molecule has 0 saturated carbocycles. The lowest BCUT2D eigenvalue weighted by atomic mass is 10.5. The van der Waals surface area contributed by atoms with E-state index in [2.05, 4.69) is 20.2 Å². The number of aliphatic imine (C=N–C) groups is 1. The predicted molar refractivity (Wildman–Crippen MR) is 50.9 cm³/mol. The molecule has 0 radical (unpaired) electrons. The van der Waals surface area contributed by atoms with Crippen LogP contribution in [0.5, 0.6) is 0 Å². The topological polar surface area (TPSA) is 91.2 Å². The Balaban J connectivity index is 2.79. The number of carboxylic acids is 1. The lowest BCUT2D eigenvalue weighted by Gasteiger charge is -1.90. The molecule has 0 amide bonds. The molecule has 0 aromatic carbocycles. The standard InChI is InChI=1S/C6H4Cl2N4O2/c7-3(4(8)5(13)14)1-9-6-10-2-11-12-6/h1-2H,(H,13,14)(H,10,11,12)/b4-3+,9-1+. The molecular formula is C6H4Cl2N4O2. The second-order valence-electron chi connectivity index (χ2n) is 2.03. The van der Waals surface area contributed by atoms with Crippen molar-refractivity contribution in [2.24, 2.45) is 4.99 Å². The number of aliphatic carboxylic acids is 1. The SMILES string of the molecule is O=C(O)/C(Cl)=C(Cl)/C=N/c1ncn[nH]1. The summed E-state index contributed by atoms with van der Waals surface area (Å²) in [5.74, 6) is -1.11. The van der Waals surface area contributed by atoms with Crippen molar-refractivity contribution in [2.45, 2.75) is 0 Å². The van der Waals surface area contributed by atoms with Gasteiger partial charge in [0.05, 0.1) is 11.2 Å². The van der Waals surface area contributed by atoms with Gasteiger partial charge in [0.25, 0.3) is 0 Å². The summed E-state index contributed by atoms with van der Waals surface area (Å²) in [5.41, 5.74) is 0. The Kier molecular flexibility index (Phi) is 3.61. The minimum atomic E-state index is -1.32. The van der Waals surface area contributed by atoms with E-state index >= 15 is 0 Å². The van der Waals surface area contributed by atoms with Crippen molar-refractivity contribution < 1.29 is 9.90 Å². The number of H-pyrrole nitrogens is 1. The van der Waals surface area contributed by atoms with E-state index in [9.17, 15) is 4.79 Å². The van der Waals surface area contributed by atoms with Gasteiger partial charge in [-0.05, 0) is 0 Å². The van der Waals surface area contributed by atoms with E-state index in [4.69, 9.17) is 28.3 Å². The first-order valence-corrected chi connectivity index (χ1v) is 4.05. The van der Waals surface area contributed by atoms with Gasteiger partial charge in [-0.15, -0.1) is 0 Å². The maximum absolute atomic E-state index is 10.3. The Bertz CT molecular complexity index is 385. The van der Waals surface area contributed by atoms with Crippen LogP contribution in [0.2, 0.25) is 0 Å². The fourth-order valence-corrected chi connectivity index (χ4v) is 0.716. The molecule has 0 aliphatic heterocycles. The highest BCUT2D eigenvalue weighted by Crippen LogP contribution is 2.12. The van der Waals surface area contributed by atoms with Crippen LogP contribution in [0.15, 0.2) is 21.4 Å². The highest BCUT2D eigenvalue weighted by molar-refractivity contribution is 6.51. The molecule has 2 N–H and O–H groups in total. The number of halogens is 2. The molecule has 8 heteroatoms. The molecule has 6 nitrogen and oxygen atoms in total. The Labute approximate surface area is 88.3 Å². The van der Waals surface area contributed by atoms with Crippen molar-refractivity contribution in [1.29, 1.82) is 0 Å². The molecule has 1 heterocycles. The number of nitrogens with one attached hydrogen (secondary N) is 1. The second kappa shape index (κ2) is 4.73. The Morgan fingerprint density at radius 3 is 2.86 bits per heavy atom. The normalized spacial score (nSPS) is 13.0. The fraction of sp³-hybridized carbons (Fsp3) is 0. The molecule has 1 aromatic heterocycles. The average molecular weight is 235 g/mol. The van der Waals surface area contributed by atoms with Crippen LogP contribution in [0.25, 0.3) is 0 Å². The number of carbonyl (C=O) groups is 1. The lowest BCUT2D eigenvalue weighted by molar-refractivity contribution is -0.131. The van der Waals surface area contributed by atoms with E-state index in [0.29, 0.717) is 0 Å². The third kappa shape index (κ3) is 2.82. The number of rotatable bonds is 3. The fourth-order valence-electron chi connectivity index (χ4n) is 0.538. The van der Waals surface area contributed by atoms with E-state index in [-0.39, 0.29) is 11.0 Å². The van der Waals surface area contributed by atoms with E-state index in [1.165, 1.54) is 6.33 Å². The van der Waals surface area contributed by atoms with Crippen molar-refractivity contribution in [3.05, 3.63) is 16.4 Å². The van der Waals surface area contributed by atoms with Crippen LogP contribution in [0, 0.1) is 0 Å². The summed E-state index contributed by atoms with van der Waals surface area (Å²) in [6.45, 7) is 0. The molecular weight excluding hydrogens is 231 g/mol. The summed E-state index contributed by atoms with van der Waals surface area (Å²) in [6.07, 6.45) is 2.32. The van der Waals surface area contributed by atoms with Crippen LogP contribution in [-0.4, -0.2) is 32.5 Å². The summed E-state index contributed by atoms with van der Waals surface area (Å²) in [7, 11) is 0. The molecule has 0 saturated heterocycles. The van der Waals surface area contributed by atoms with Gasteiger partial charge in [-0.3, -0.25) is 0 Å². The van der Waals surface area contributed by atoms with Crippen molar-refractivity contribution in [2.75, 3.05) is 0 Å². The summed E-state index contributed by atoms with van der Waals surface area (Å²) in [5, 5.41) is 13.7. The first-order valence-electron chi connectivity index (χ1n) is 3.29. The maximum atomic E-state index is 10.3. The zero-order valence-electron chi connectivity index (χ0n) is 6.61. The number of hydrogen-bond acceptors (Lipinski definition) is 4. The minimum absolute atomic E-state index is 0.185. The van der Waals surface area contributed by atoms with Gasteiger partial charge in [0.15, 0.2) is 0 Å². The lowest BCUT2D eigenvalue weighted by Crippen LogP contribution is -1.96. The van der Waals surface area contributed by atoms with E-state index < -0.39 is 11.0 Å². The van der Waals surface area contributed by atoms with Crippen LogP contribution in [-0.2, 0) is 4.79 Å². The zero-order chi connectivity index (χ0) is 10.6. The minimum Gasteiger partial charge on any atom is -0.477 e. The number of nitrogens with zero attached hydrogens (tertiary/aromatic N) is 3. The van der Waals surface area contributed by atoms with E-state index in [0.717, 1.165) is 6.21 Å². The second-order valence-corrected chi connectivity index (χ2v) is 2.82. The molecule has 0 bridgehead atoms. The summed E-state index contributed by atoms with van der Waals surface area (Å²) < 4.78 is 0. The number of aromatic amines is 1. The molecule has 0 fully saturated rings. The van der Waals surface area contributed by atoms with Crippen LogP contribution < -0.4 is 0 Å². The first-order chi connectivity index (χ1) is 6.61. The molecule has 14 heavy (non-hydrogen) atoms. The molecule has 74 valence electrons. The van der Waals surface area contributed by atoms with Gasteiger partial charge in [-0.25, -0.2) is 14.9 Å². The highest BCUT2D eigenvalue weighted by Gasteiger charge is 2.07. The van der Waals surface area contributed by atoms with Crippen LogP contribution in [0.1, 0.15) is 0 Å². The Hall–Kier alpha value is -1.40. The van der Waals surface area contributed by atoms with Gasteiger partial charge in [-0.2, -0.15) is 10.1 Å².